The van der Waals surface area contributed by atoms with Crippen molar-refractivity contribution in [3.8, 4) is 0 Å². The predicted octanol–water partition coefficient (Wildman–Crippen LogP) is 8.47. The summed E-state index contributed by atoms with van der Waals surface area (Å²) in [5.74, 6) is -7.17. The smallest absolute Gasteiger partial charge is 0.378 e. The third kappa shape index (κ3) is 18.8. The molecule has 0 bridgehead atoms. The first-order valence-corrected chi connectivity index (χ1v) is 26.4. The fraction of sp³-hybridized carbons (Fsp3) is 0.452. The first-order valence-electron chi connectivity index (χ1n) is 26.4. The van der Waals surface area contributed by atoms with Crippen molar-refractivity contribution in [1.82, 2.24) is 0 Å². The van der Waals surface area contributed by atoms with Crippen LogP contribution in [0.5, 0.6) is 0 Å². The quantitative estimate of drug-likeness (QED) is 0.0379. The molecule has 2 aliphatic carbocycles. The molecule has 2 heterocycles. The summed E-state index contributed by atoms with van der Waals surface area (Å²) in [4.78, 5) is 99.9. The number of allylic oxidation sites excluding steroid dienone is 20. The van der Waals surface area contributed by atoms with Crippen molar-refractivity contribution < 1.29 is 91.9 Å². The van der Waals surface area contributed by atoms with Crippen LogP contribution in [-0.4, -0.2) is 125 Å². The lowest BCUT2D eigenvalue weighted by Crippen LogP contribution is -2.39. The largest absolute Gasteiger partial charge is 0.508 e. The van der Waals surface area contributed by atoms with Crippen LogP contribution in [-0.2, 0) is 71.5 Å². The summed E-state index contributed by atoms with van der Waals surface area (Å²) >= 11 is 0. The van der Waals surface area contributed by atoms with Gasteiger partial charge in [0.1, 0.15) is 31.2 Å². The van der Waals surface area contributed by atoms with E-state index in [1.54, 1.807) is 13.8 Å². The van der Waals surface area contributed by atoms with Crippen molar-refractivity contribution >= 4 is 47.4 Å². The maximum absolute atomic E-state index is 13.4. The maximum Gasteiger partial charge on any atom is 0.378 e. The summed E-state index contributed by atoms with van der Waals surface area (Å²) < 4.78 is 35.4. The van der Waals surface area contributed by atoms with Gasteiger partial charge in [0.25, 0.3) is 0 Å². The van der Waals surface area contributed by atoms with Gasteiger partial charge in [0, 0.05) is 12.8 Å². The van der Waals surface area contributed by atoms with E-state index in [0.29, 0.717) is 11.1 Å². The van der Waals surface area contributed by atoms with Crippen LogP contribution in [0.1, 0.15) is 115 Å². The van der Waals surface area contributed by atoms with E-state index in [-0.39, 0.29) is 49.2 Å². The number of aliphatic hydroxyl groups is 4. The fourth-order valence-corrected chi connectivity index (χ4v) is 9.02. The third-order valence-electron chi connectivity index (χ3n) is 13.7. The van der Waals surface area contributed by atoms with E-state index in [2.05, 4.69) is 0 Å². The first-order chi connectivity index (χ1) is 38.0. The van der Waals surface area contributed by atoms with Crippen LogP contribution in [0.25, 0.3) is 0 Å². The summed E-state index contributed by atoms with van der Waals surface area (Å²) in [7, 11) is 1.14. The maximum atomic E-state index is 13.4. The molecule has 0 radical (unpaired) electrons. The highest BCUT2D eigenvalue weighted by Gasteiger charge is 2.43. The normalized spacial score (nSPS) is 22.9. The molecule has 4 aliphatic rings. The van der Waals surface area contributed by atoms with Crippen molar-refractivity contribution in [1.29, 1.82) is 0 Å². The molecule has 81 heavy (non-hydrogen) atoms. The van der Waals surface area contributed by atoms with Crippen molar-refractivity contribution in [2.75, 3.05) is 20.3 Å². The van der Waals surface area contributed by atoms with Crippen LogP contribution in [0.4, 0.5) is 0 Å². The number of rotatable bonds is 25. The molecule has 0 saturated carbocycles. The molecular weight excluding hydrogens is 1050 g/mol. The Bertz CT molecular complexity index is 2900. The minimum Gasteiger partial charge on any atom is -0.508 e. The van der Waals surface area contributed by atoms with Crippen LogP contribution in [0, 0.1) is 10.8 Å². The molecule has 0 fully saturated rings. The van der Waals surface area contributed by atoms with E-state index in [1.807, 2.05) is 140 Å². The minimum absolute atomic E-state index is 0.0493. The number of aliphatic hydroxyl groups excluding tert-OH is 4. The average Bonchev–Trinajstić information content (AvgIpc) is 4.04. The van der Waals surface area contributed by atoms with E-state index in [1.165, 1.54) is 6.92 Å². The monoisotopic (exact) mass is 1120 g/mol. The zero-order valence-corrected chi connectivity index (χ0v) is 48.1. The number of hydrogen-bond acceptors (Lipinski definition) is 19. The Morgan fingerprint density at radius 3 is 1.27 bits per heavy atom. The fourth-order valence-electron chi connectivity index (χ4n) is 9.02. The number of cyclic esters (lactones) is 2. The molecule has 438 valence electrons. The lowest BCUT2D eigenvalue weighted by molar-refractivity contribution is -0.160. The van der Waals surface area contributed by atoms with Gasteiger partial charge in [0.15, 0.2) is 41.7 Å². The van der Waals surface area contributed by atoms with Crippen molar-refractivity contribution in [3.63, 3.8) is 0 Å². The van der Waals surface area contributed by atoms with Crippen molar-refractivity contribution in [2.45, 2.75) is 151 Å². The molecule has 4 N–H and O–H groups in total. The van der Waals surface area contributed by atoms with Gasteiger partial charge in [-0.2, -0.15) is 0 Å². The standard InChI is InChI=1S/C62H76O19/c1-35(19-15-21-37(3)23-25-42-39(5)52(69)46(31-61(42,8)9)78-50(67)29-27-48(65)76-33-44(63)56-54(71)41(7)59(73)80-56)17-13-14-18-36(2)20-16-22-38(4)24-26-43-40(6)53(70)47(32-62(43,10)11)79-51(68)30-28-49(66)77-34-45(64)57-55(72)58(75-12)60(74)81-57/h13-26,44-47,56-57,63-64,71-72H,27-34H2,1-12H3/b14-13+,19-15+,20-16+,25-23+,26-24+,35-17+,36-18+,37-21+,38-22+. The number of methoxy groups -OCH3 is 1. The van der Waals surface area contributed by atoms with Gasteiger partial charge in [-0.15, -0.1) is 0 Å². The molecule has 0 spiro atoms. The summed E-state index contributed by atoms with van der Waals surface area (Å²) in [6, 6.07) is 0. The first kappa shape index (κ1) is 65.6. The zero-order chi connectivity index (χ0) is 60.5. The van der Waals surface area contributed by atoms with Gasteiger partial charge in [-0.1, -0.05) is 135 Å². The van der Waals surface area contributed by atoms with Gasteiger partial charge < -0.3 is 53.6 Å². The Balaban J connectivity index is 1.20. The third-order valence-corrected chi connectivity index (χ3v) is 13.7. The summed E-state index contributed by atoms with van der Waals surface area (Å²) in [6.45, 7) is 19.2. The molecule has 0 saturated heterocycles. The number of ketones is 2. The van der Waals surface area contributed by atoms with Gasteiger partial charge in [0.2, 0.25) is 5.76 Å². The zero-order valence-electron chi connectivity index (χ0n) is 48.1. The minimum atomic E-state index is -1.58. The number of hydrogen-bond donors (Lipinski definition) is 4. The van der Waals surface area contributed by atoms with Gasteiger partial charge in [-0.05, 0) is 81.6 Å². The number of esters is 6. The number of ether oxygens (including phenoxy) is 7. The van der Waals surface area contributed by atoms with E-state index in [9.17, 15) is 58.8 Å². The lowest BCUT2D eigenvalue weighted by Gasteiger charge is -2.36. The summed E-state index contributed by atoms with van der Waals surface area (Å²) in [5, 5.41) is 40.4. The molecule has 2 aliphatic heterocycles. The second kappa shape index (κ2) is 29.5. The topological polar surface area (TPSA) is 282 Å². The van der Waals surface area contributed by atoms with Crippen LogP contribution in [0.2, 0.25) is 0 Å². The van der Waals surface area contributed by atoms with Crippen LogP contribution in [0.15, 0.2) is 152 Å². The molecular formula is C62H76O19. The second-order valence-corrected chi connectivity index (χ2v) is 21.4. The van der Waals surface area contributed by atoms with E-state index in [4.69, 9.17) is 33.2 Å². The Morgan fingerprint density at radius 2 is 0.901 bits per heavy atom. The number of carbonyl (C=O) groups is 8. The second-order valence-electron chi connectivity index (χ2n) is 21.4. The molecule has 6 unspecified atom stereocenters. The highest BCUT2D eigenvalue weighted by Crippen LogP contribution is 2.42. The van der Waals surface area contributed by atoms with Gasteiger partial charge in [-0.3, -0.25) is 28.8 Å². The predicted molar refractivity (Wildman–Crippen MR) is 297 cm³/mol. The van der Waals surface area contributed by atoms with Gasteiger partial charge in [-0.25, -0.2) is 9.59 Å². The van der Waals surface area contributed by atoms with E-state index >= 15 is 0 Å². The Kier molecular flexibility index (Phi) is 23.9. The van der Waals surface area contributed by atoms with E-state index in [0.717, 1.165) is 40.5 Å². The average molecular weight is 1130 g/mol. The van der Waals surface area contributed by atoms with Crippen LogP contribution >= 0.6 is 0 Å². The summed E-state index contributed by atoms with van der Waals surface area (Å²) in [5.41, 5.74) is 5.34. The highest BCUT2D eigenvalue weighted by atomic mass is 16.6. The van der Waals surface area contributed by atoms with Crippen molar-refractivity contribution in [2.24, 2.45) is 10.8 Å². The molecule has 0 aromatic rings. The number of carbonyl (C=O) groups excluding carboxylic acids is 8. The van der Waals surface area contributed by atoms with Crippen molar-refractivity contribution in [3.05, 3.63) is 152 Å². The Morgan fingerprint density at radius 1 is 0.543 bits per heavy atom. The Hall–Kier alpha value is -7.90. The van der Waals surface area contributed by atoms with Crippen LogP contribution in [0.3, 0.4) is 0 Å². The summed E-state index contributed by atoms with van der Waals surface area (Å²) in [6.07, 6.45) is 18.1. The molecule has 0 amide bonds. The molecule has 19 nitrogen and oxygen atoms in total. The number of Topliss-reactive ketones (excluding diaryl/α,β-unsaturated/α-hetero) is 2. The molecule has 0 aromatic heterocycles. The Labute approximate surface area is 472 Å². The molecule has 0 aromatic carbocycles. The van der Waals surface area contributed by atoms with E-state index < -0.39 is 120 Å². The molecule has 19 heteroatoms. The molecule has 6 atom stereocenters. The molecule has 4 rings (SSSR count). The highest BCUT2D eigenvalue weighted by molar-refractivity contribution is 6.02. The van der Waals surface area contributed by atoms with Gasteiger partial charge in [0.05, 0.1) is 38.4 Å². The SMILES string of the molecule is COC1=C(O)C(C(O)COC(=O)CCC(=O)OC2CC(C)(C)C(/C=C/C(C)=C/C=C/C(C)=C/C=C/C=C(C)/C=C/C=C(C)/C=C/C3=C(C)C(=O)C(OC(=O)CCC(=O)OCC(O)C4OC(=O)C(C)=C4O)CC3(C)C)=C(C)C2=O)OC1=O. The van der Waals surface area contributed by atoms with Crippen LogP contribution < -0.4 is 0 Å². The lowest BCUT2D eigenvalue weighted by atomic mass is 9.71. The van der Waals surface area contributed by atoms with Gasteiger partial charge >= 0.3 is 35.8 Å².